The molecule has 0 aromatic heterocycles. The summed E-state index contributed by atoms with van der Waals surface area (Å²) in [6.07, 6.45) is 0. The molecule has 2 rings (SSSR count). The number of aromatic hydroxyl groups is 1. The number of methoxy groups -OCH3 is 2. The van der Waals surface area contributed by atoms with Gasteiger partial charge in [-0.05, 0) is 22.0 Å². The van der Waals surface area contributed by atoms with Gasteiger partial charge in [-0.1, -0.05) is 0 Å². The molecule has 0 saturated carbocycles. The van der Waals surface area contributed by atoms with Gasteiger partial charge in [0.25, 0.3) is 5.69 Å². The van der Waals surface area contributed by atoms with E-state index in [0.717, 1.165) is 31.3 Å². The van der Waals surface area contributed by atoms with E-state index in [2.05, 4.69) is 40.9 Å². The van der Waals surface area contributed by atoms with Gasteiger partial charge in [-0.3, -0.25) is 34.6 Å². The van der Waals surface area contributed by atoms with Gasteiger partial charge in [0.1, 0.15) is 24.5 Å². The molecule has 2 aromatic rings. The number of non-ortho nitro benzene ring substituents is 1. The summed E-state index contributed by atoms with van der Waals surface area (Å²) in [4.78, 5) is 57.4. The Balaban J connectivity index is 2.64. The number of anilines is 2. The molecule has 0 unspecified atom stereocenters. The number of nitro benzene ring substituents is 2. The molecule has 37 heavy (non-hydrogen) atoms. The topological polar surface area (TPSA) is 216 Å². The highest BCUT2D eigenvalue weighted by Gasteiger charge is 2.25. The van der Waals surface area contributed by atoms with Crippen molar-refractivity contribution in [2.24, 2.45) is 10.2 Å². The summed E-state index contributed by atoms with van der Waals surface area (Å²) in [6, 6.07) is 3.91. The second kappa shape index (κ2) is 12.3. The van der Waals surface area contributed by atoms with Crippen molar-refractivity contribution in [1.82, 2.24) is 0 Å². The van der Waals surface area contributed by atoms with E-state index in [-0.39, 0.29) is 27.2 Å². The van der Waals surface area contributed by atoms with Crippen molar-refractivity contribution in [1.29, 1.82) is 0 Å². The lowest BCUT2D eigenvalue weighted by Crippen LogP contribution is -2.35. The molecule has 0 spiro atoms. The van der Waals surface area contributed by atoms with Crippen molar-refractivity contribution in [3.63, 3.8) is 0 Å². The molecular formula is C20H19BrN6O10. The number of phenols is 1. The van der Waals surface area contributed by atoms with E-state index in [1.54, 1.807) is 0 Å². The van der Waals surface area contributed by atoms with Crippen LogP contribution in [0, 0.1) is 20.2 Å². The number of rotatable bonds is 10. The van der Waals surface area contributed by atoms with Crippen LogP contribution in [0.4, 0.5) is 34.1 Å². The maximum Gasteiger partial charge on any atom is 0.325 e. The van der Waals surface area contributed by atoms with Crippen LogP contribution in [0.3, 0.4) is 0 Å². The Kier molecular flexibility index (Phi) is 9.53. The number of benzene rings is 2. The number of azo groups is 1. The molecule has 1 amide bonds. The van der Waals surface area contributed by atoms with Crippen molar-refractivity contribution >= 4 is 67.9 Å². The average molecular weight is 583 g/mol. The molecule has 0 atom stereocenters. The molecule has 0 heterocycles. The third-order valence-corrected chi connectivity index (χ3v) is 5.14. The van der Waals surface area contributed by atoms with Gasteiger partial charge in [0.2, 0.25) is 5.91 Å². The van der Waals surface area contributed by atoms with Gasteiger partial charge < -0.3 is 24.8 Å². The second-order valence-corrected chi connectivity index (χ2v) is 7.91. The van der Waals surface area contributed by atoms with Gasteiger partial charge in [-0.15, -0.1) is 10.2 Å². The minimum Gasteiger partial charge on any atom is -0.506 e. The van der Waals surface area contributed by atoms with Crippen LogP contribution in [-0.2, 0) is 23.9 Å². The van der Waals surface area contributed by atoms with Gasteiger partial charge >= 0.3 is 17.6 Å². The van der Waals surface area contributed by atoms with E-state index in [0.29, 0.717) is 6.07 Å². The first-order valence-electron chi connectivity index (χ1n) is 9.95. The zero-order valence-corrected chi connectivity index (χ0v) is 21.0. The van der Waals surface area contributed by atoms with Crippen LogP contribution in [0.15, 0.2) is 39.0 Å². The van der Waals surface area contributed by atoms with Gasteiger partial charge in [-0.25, -0.2) is 0 Å². The highest BCUT2D eigenvalue weighted by Crippen LogP contribution is 2.42. The largest absolute Gasteiger partial charge is 0.506 e. The number of amides is 1. The van der Waals surface area contributed by atoms with Gasteiger partial charge in [0.05, 0.1) is 46.0 Å². The third-order valence-electron chi connectivity index (χ3n) is 4.53. The van der Waals surface area contributed by atoms with Crippen LogP contribution in [-0.4, -0.2) is 60.1 Å². The number of nitro groups is 2. The van der Waals surface area contributed by atoms with Gasteiger partial charge in [0, 0.05) is 19.1 Å². The fourth-order valence-corrected chi connectivity index (χ4v) is 3.39. The van der Waals surface area contributed by atoms with Crippen molar-refractivity contribution in [2.45, 2.75) is 6.92 Å². The first-order valence-corrected chi connectivity index (χ1v) is 10.7. The lowest BCUT2D eigenvalue weighted by Gasteiger charge is -2.24. The van der Waals surface area contributed by atoms with E-state index in [1.807, 2.05) is 0 Å². The van der Waals surface area contributed by atoms with E-state index >= 15 is 0 Å². The number of carbonyl (C=O) groups is 3. The summed E-state index contributed by atoms with van der Waals surface area (Å²) in [5, 5.41) is 43.2. The molecule has 0 aliphatic carbocycles. The monoisotopic (exact) mass is 582 g/mol. The summed E-state index contributed by atoms with van der Waals surface area (Å²) < 4.78 is 9.11. The Morgan fingerprint density at radius 2 is 1.62 bits per heavy atom. The summed E-state index contributed by atoms with van der Waals surface area (Å²) in [7, 11) is 2.25. The molecule has 0 bridgehead atoms. The first kappa shape index (κ1) is 28.6. The van der Waals surface area contributed by atoms with Crippen molar-refractivity contribution in [3.8, 4) is 5.75 Å². The number of halogens is 1. The van der Waals surface area contributed by atoms with Crippen molar-refractivity contribution in [2.75, 3.05) is 37.5 Å². The third kappa shape index (κ3) is 7.40. The molecule has 2 N–H and O–H groups in total. The second-order valence-electron chi connectivity index (χ2n) is 7.06. The van der Waals surface area contributed by atoms with Gasteiger partial charge in [-0.2, -0.15) is 0 Å². The minimum absolute atomic E-state index is 0.0514. The number of phenolic OH excluding ortho intramolecular Hbond substituents is 1. The Morgan fingerprint density at radius 1 is 1.03 bits per heavy atom. The van der Waals surface area contributed by atoms with Crippen LogP contribution in [0.1, 0.15) is 6.92 Å². The lowest BCUT2D eigenvalue weighted by atomic mass is 10.2. The highest BCUT2D eigenvalue weighted by atomic mass is 79.9. The number of nitrogens with one attached hydrogen (secondary N) is 1. The predicted octanol–water partition coefficient (Wildman–Crippen LogP) is 3.50. The summed E-state index contributed by atoms with van der Waals surface area (Å²) in [5.74, 6) is -2.57. The van der Waals surface area contributed by atoms with E-state index in [1.165, 1.54) is 13.0 Å². The molecule has 0 saturated heterocycles. The molecule has 196 valence electrons. The SMILES string of the molecule is COC(=O)CN(CC(=O)OC)c1cc(NC(C)=O)c(N=Nc2c(Br)cc([N+](=O)[O-])cc2[N+](=O)[O-])cc1O. The van der Waals surface area contributed by atoms with Crippen LogP contribution in [0.25, 0.3) is 0 Å². The number of hydrogen-bond donors (Lipinski definition) is 2. The Hall–Kier alpha value is -4.67. The molecular weight excluding hydrogens is 564 g/mol. The van der Waals surface area contributed by atoms with E-state index in [9.17, 15) is 39.7 Å². The fourth-order valence-electron chi connectivity index (χ4n) is 2.88. The minimum atomic E-state index is -0.890. The number of hydrogen-bond acceptors (Lipinski definition) is 13. The maximum atomic E-state index is 11.8. The molecule has 17 heteroatoms. The Labute approximate surface area is 216 Å². The van der Waals surface area contributed by atoms with Gasteiger partial charge in [0.15, 0.2) is 5.69 Å². The lowest BCUT2D eigenvalue weighted by molar-refractivity contribution is -0.393. The van der Waals surface area contributed by atoms with Crippen molar-refractivity contribution < 1.29 is 38.8 Å². The molecule has 0 fully saturated rings. The molecule has 0 aliphatic heterocycles. The summed E-state index contributed by atoms with van der Waals surface area (Å²) in [5.41, 5.74) is -1.97. The van der Waals surface area contributed by atoms with Crippen LogP contribution < -0.4 is 10.2 Å². The number of esters is 2. The average Bonchev–Trinajstić information content (AvgIpc) is 2.82. The Bertz CT molecular complexity index is 1280. The fraction of sp³-hybridized carbons (Fsp3) is 0.250. The zero-order chi connectivity index (χ0) is 27.9. The summed E-state index contributed by atoms with van der Waals surface area (Å²) >= 11 is 3.00. The standard InChI is InChI=1S/C20H19BrN6O10/c1-10(28)22-13-6-15(25(8-18(30)36-2)9-19(31)37-3)17(29)7-14(13)23-24-20-12(21)4-11(26(32)33)5-16(20)27(34)35/h4-7,29H,8-9H2,1-3H3,(H,22,28). The van der Waals surface area contributed by atoms with Crippen LogP contribution >= 0.6 is 15.9 Å². The number of nitrogens with zero attached hydrogens (tertiary/aromatic N) is 5. The smallest absolute Gasteiger partial charge is 0.325 e. The Morgan fingerprint density at radius 3 is 2.11 bits per heavy atom. The van der Waals surface area contributed by atoms with E-state index in [4.69, 9.17) is 0 Å². The zero-order valence-electron chi connectivity index (χ0n) is 19.5. The maximum absolute atomic E-state index is 11.8. The molecule has 0 aliphatic rings. The quantitative estimate of drug-likeness (QED) is 0.136. The molecule has 0 radical (unpaired) electrons. The van der Waals surface area contributed by atoms with Crippen LogP contribution in [0.2, 0.25) is 0 Å². The molecule has 2 aromatic carbocycles. The first-order chi connectivity index (χ1) is 17.4. The number of carbonyl (C=O) groups excluding carboxylic acids is 3. The van der Waals surface area contributed by atoms with Crippen LogP contribution in [0.5, 0.6) is 5.75 Å². The predicted molar refractivity (Wildman–Crippen MR) is 130 cm³/mol. The van der Waals surface area contributed by atoms with Crippen molar-refractivity contribution in [3.05, 3.63) is 49.0 Å². The summed E-state index contributed by atoms with van der Waals surface area (Å²) in [6.45, 7) is 0.231. The highest BCUT2D eigenvalue weighted by molar-refractivity contribution is 9.10. The number of ether oxygens (including phenoxy) is 2. The molecule has 16 nitrogen and oxygen atoms in total. The van der Waals surface area contributed by atoms with E-state index < -0.39 is 57.9 Å². The normalized spacial score (nSPS) is 10.6.